The van der Waals surface area contributed by atoms with Gasteiger partial charge in [0, 0.05) is 5.56 Å². The van der Waals surface area contributed by atoms with Crippen LogP contribution in [0.25, 0.3) is 0 Å². The van der Waals surface area contributed by atoms with Gasteiger partial charge in [0.05, 0.1) is 23.4 Å². The lowest BCUT2D eigenvalue weighted by atomic mass is 9.93. The molecule has 2 aromatic carbocycles. The molecule has 0 aromatic heterocycles. The van der Waals surface area contributed by atoms with Crippen LogP contribution in [0.3, 0.4) is 0 Å². The summed E-state index contributed by atoms with van der Waals surface area (Å²) < 4.78 is 38.6. The Balaban J connectivity index is 2.20. The van der Waals surface area contributed by atoms with E-state index in [0.717, 1.165) is 24.8 Å². The van der Waals surface area contributed by atoms with Gasteiger partial charge < -0.3 is 9.47 Å². The zero-order valence-electron chi connectivity index (χ0n) is 16.3. The normalized spacial score (nSPS) is 24.0. The molecule has 1 aliphatic rings. The molecule has 2 unspecified atom stereocenters. The minimum Gasteiger partial charge on any atom is -0.497 e. The standard InChI is InChI=1S/C22H28O4S/c1-4-6-14-22(5-2)16-27(23,24)20-15-18(25-3)12-13-19(20)21(26-22)17-10-8-7-9-11-17/h7-13,15,21H,4-6,14,16H2,1-3H3. The first kappa shape index (κ1) is 19.9. The molecule has 0 amide bonds. The third-order valence-corrected chi connectivity index (χ3v) is 7.32. The third-order valence-electron chi connectivity index (χ3n) is 5.39. The van der Waals surface area contributed by atoms with Gasteiger partial charge in [0.15, 0.2) is 9.84 Å². The van der Waals surface area contributed by atoms with Gasteiger partial charge in [0.25, 0.3) is 0 Å². The van der Waals surface area contributed by atoms with Crippen molar-refractivity contribution in [1.29, 1.82) is 0 Å². The number of rotatable bonds is 6. The molecule has 2 aromatic rings. The largest absolute Gasteiger partial charge is 0.497 e. The summed E-state index contributed by atoms with van der Waals surface area (Å²) in [6, 6.07) is 15.1. The Labute approximate surface area is 162 Å². The SMILES string of the molecule is CCCCC1(CC)CS(=O)(=O)c2cc(OC)ccc2C(c2ccccc2)O1. The molecule has 4 nitrogen and oxygen atoms in total. The van der Waals surface area contributed by atoms with Gasteiger partial charge in [-0.05, 0) is 30.5 Å². The van der Waals surface area contributed by atoms with E-state index in [1.165, 1.54) is 0 Å². The van der Waals surface area contributed by atoms with Crippen molar-refractivity contribution in [3.8, 4) is 5.75 Å². The number of fused-ring (bicyclic) bond motifs is 1. The molecule has 0 saturated carbocycles. The van der Waals surface area contributed by atoms with E-state index in [9.17, 15) is 8.42 Å². The van der Waals surface area contributed by atoms with E-state index in [1.54, 1.807) is 19.2 Å². The summed E-state index contributed by atoms with van der Waals surface area (Å²) in [6.45, 7) is 4.13. The van der Waals surface area contributed by atoms with Gasteiger partial charge in [0.1, 0.15) is 11.9 Å². The predicted molar refractivity (Wildman–Crippen MR) is 107 cm³/mol. The van der Waals surface area contributed by atoms with Crippen molar-refractivity contribution in [2.75, 3.05) is 12.9 Å². The first-order chi connectivity index (χ1) is 12.9. The fourth-order valence-corrected chi connectivity index (χ4v) is 5.86. The van der Waals surface area contributed by atoms with Gasteiger partial charge >= 0.3 is 0 Å². The molecule has 0 saturated heterocycles. The second kappa shape index (κ2) is 8.03. The van der Waals surface area contributed by atoms with E-state index in [-0.39, 0.29) is 5.75 Å². The highest BCUT2D eigenvalue weighted by molar-refractivity contribution is 7.91. The molecule has 5 heteroatoms. The van der Waals surface area contributed by atoms with E-state index in [2.05, 4.69) is 6.92 Å². The Morgan fingerprint density at radius 2 is 1.89 bits per heavy atom. The Kier molecular flexibility index (Phi) is 5.92. The maximum absolute atomic E-state index is 13.3. The second-order valence-electron chi connectivity index (χ2n) is 7.21. The van der Waals surface area contributed by atoms with Crippen LogP contribution in [0.2, 0.25) is 0 Å². The average Bonchev–Trinajstić information content (AvgIpc) is 2.79. The summed E-state index contributed by atoms with van der Waals surface area (Å²) >= 11 is 0. The molecule has 0 bridgehead atoms. The Hall–Kier alpha value is -1.85. The van der Waals surface area contributed by atoms with Gasteiger partial charge in [0.2, 0.25) is 0 Å². The summed E-state index contributed by atoms with van der Waals surface area (Å²) in [7, 11) is -1.96. The Morgan fingerprint density at radius 3 is 2.52 bits per heavy atom. The number of sulfone groups is 1. The molecular formula is C22H28O4S. The molecule has 0 spiro atoms. The van der Waals surface area contributed by atoms with E-state index >= 15 is 0 Å². The monoisotopic (exact) mass is 388 g/mol. The molecule has 27 heavy (non-hydrogen) atoms. The van der Waals surface area contributed by atoms with Crippen LogP contribution >= 0.6 is 0 Å². The van der Waals surface area contributed by atoms with Crippen molar-refractivity contribution >= 4 is 9.84 Å². The van der Waals surface area contributed by atoms with E-state index in [1.807, 2.05) is 43.3 Å². The summed E-state index contributed by atoms with van der Waals surface area (Å²) in [4.78, 5) is 0.322. The third kappa shape index (κ3) is 4.04. The zero-order valence-corrected chi connectivity index (χ0v) is 17.1. The fourth-order valence-electron chi connectivity index (χ4n) is 3.77. The fraction of sp³-hybridized carbons (Fsp3) is 0.455. The second-order valence-corrected chi connectivity index (χ2v) is 9.17. The van der Waals surface area contributed by atoms with Crippen molar-refractivity contribution in [2.45, 2.75) is 56.1 Å². The predicted octanol–water partition coefficient (Wildman–Crippen LogP) is 4.93. The van der Waals surface area contributed by atoms with Gasteiger partial charge in [-0.15, -0.1) is 0 Å². The first-order valence-electron chi connectivity index (χ1n) is 9.58. The number of methoxy groups -OCH3 is 1. The van der Waals surface area contributed by atoms with E-state index in [0.29, 0.717) is 22.6 Å². The van der Waals surface area contributed by atoms with E-state index < -0.39 is 21.5 Å². The highest BCUT2D eigenvalue weighted by Crippen LogP contribution is 2.43. The van der Waals surface area contributed by atoms with Crippen molar-refractivity contribution in [3.63, 3.8) is 0 Å². The van der Waals surface area contributed by atoms with Crippen LogP contribution in [-0.4, -0.2) is 26.9 Å². The highest BCUT2D eigenvalue weighted by atomic mass is 32.2. The molecule has 1 heterocycles. The maximum atomic E-state index is 13.3. The van der Waals surface area contributed by atoms with Crippen LogP contribution in [0.15, 0.2) is 53.4 Å². The maximum Gasteiger partial charge on any atom is 0.181 e. The lowest BCUT2D eigenvalue weighted by Gasteiger charge is -2.34. The molecule has 0 N–H and O–H groups in total. The lowest BCUT2D eigenvalue weighted by molar-refractivity contribution is -0.0731. The van der Waals surface area contributed by atoms with Gasteiger partial charge in [-0.25, -0.2) is 8.42 Å². The minimum absolute atomic E-state index is 0.00000118. The number of ether oxygens (including phenoxy) is 2. The van der Waals surface area contributed by atoms with Gasteiger partial charge in [-0.1, -0.05) is 63.1 Å². The quantitative estimate of drug-likeness (QED) is 0.704. The molecule has 0 radical (unpaired) electrons. The Bertz CT molecular complexity index is 876. The summed E-state index contributed by atoms with van der Waals surface area (Å²) in [5.74, 6) is 0.543. The van der Waals surface area contributed by atoms with Crippen molar-refractivity contribution in [3.05, 3.63) is 59.7 Å². The molecule has 0 fully saturated rings. The molecule has 146 valence electrons. The summed E-state index contributed by atoms with van der Waals surface area (Å²) in [6.07, 6.45) is 2.90. The molecule has 1 aliphatic heterocycles. The first-order valence-corrected chi connectivity index (χ1v) is 11.2. The summed E-state index contributed by atoms with van der Waals surface area (Å²) in [5, 5.41) is 0. The smallest absolute Gasteiger partial charge is 0.181 e. The molecule has 2 atom stereocenters. The Morgan fingerprint density at radius 1 is 1.15 bits per heavy atom. The van der Waals surface area contributed by atoms with Gasteiger partial charge in [-0.3, -0.25) is 0 Å². The van der Waals surface area contributed by atoms with Crippen molar-refractivity contribution in [1.82, 2.24) is 0 Å². The number of unbranched alkanes of at least 4 members (excludes halogenated alkanes) is 1. The number of hydrogen-bond donors (Lipinski definition) is 0. The zero-order chi connectivity index (χ0) is 19.5. The van der Waals surface area contributed by atoms with Crippen LogP contribution < -0.4 is 4.74 Å². The minimum atomic E-state index is -3.51. The summed E-state index contributed by atoms with van der Waals surface area (Å²) in [5.41, 5.74) is 0.964. The lowest BCUT2D eigenvalue weighted by Crippen LogP contribution is -2.39. The van der Waals surface area contributed by atoms with Crippen molar-refractivity contribution in [2.24, 2.45) is 0 Å². The molecular weight excluding hydrogens is 360 g/mol. The average molecular weight is 389 g/mol. The van der Waals surface area contributed by atoms with Crippen LogP contribution in [0.4, 0.5) is 0 Å². The highest BCUT2D eigenvalue weighted by Gasteiger charge is 2.43. The van der Waals surface area contributed by atoms with Crippen LogP contribution in [0.5, 0.6) is 5.75 Å². The van der Waals surface area contributed by atoms with Crippen LogP contribution in [0.1, 0.15) is 56.8 Å². The number of hydrogen-bond acceptors (Lipinski definition) is 4. The van der Waals surface area contributed by atoms with Gasteiger partial charge in [-0.2, -0.15) is 0 Å². The van der Waals surface area contributed by atoms with Crippen LogP contribution in [0, 0.1) is 0 Å². The van der Waals surface area contributed by atoms with Crippen molar-refractivity contribution < 1.29 is 17.9 Å². The van der Waals surface area contributed by atoms with Crippen LogP contribution in [-0.2, 0) is 14.6 Å². The molecule has 0 aliphatic carbocycles. The topological polar surface area (TPSA) is 52.6 Å². The molecule has 3 rings (SSSR count). The van der Waals surface area contributed by atoms with E-state index in [4.69, 9.17) is 9.47 Å². The number of benzene rings is 2.